The van der Waals surface area contributed by atoms with Crippen LogP contribution in [0.1, 0.15) is 63.1 Å². The maximum absolute atomic E-state index is 13.3. The van der Waals surface area contributed by atoms with Gasteiger partial charge in [-0.25, -0.2) is 4.39 Å². The second-order valence-electron chi connectivity index (χ2n) is 5.49. The molecule has 0 saturated heterocycles. The number of unbranched alkanes of at least 4 members (excludes halogenated alkanes) is 1. The minimum atomic E-state index is -4.51. The van der Waals surface area contributed by atoms with Gasteiger partial charge in [-0.3, -0.25) is 0 Å². The van der Waals surface area contributed by atoms with E-state index in [2.05, 4.69) is 6.92 Å². The van der Waals surface area contributed by atoms with Gasteiger partial charge in [-0.15, -0.1) is 0 Å². The maximum atomic E-state index is 13.3. The number of rotatable bonds is 7. The van der Waals surface area contributed by atoms with Crippen molar-refractivity contribution < 1.29 is 17.6 Å². The van der Waals surface area contributed by atoms with Crippen LogP contribution < -0.4 is 5.73 Å². The SMILES string of the molecule is CCCCC(CC)CC(N)c1cc(F)ccc1C(F)(F)F. The first-order valence-corrected chi connectivity index (χ1v) is 7.41. The fraction of sp³-hybridized carbons (Fsp3) is 0.625. The van der Waals surface area contributed by atoms with Crippen molar-refractivity contribution in [1.82, 2.24) is 0 Å². The largest absolute Gasteiger partial charge is 0.416 e. The zero-order chi connectivity index (χ0) is 16.0. The Bertz CT molecular complexity index is 442. The van der Waals surface area contributed by atoms with E-state index in [1.165, 1.54) is 0 Å². The fourth-order valence-electron chi connectivity index (χ4n) is 2.57. The van der Waals surface area contributed by atoms with Crippen molar-refractivity contribution in [3.63, 3.8) is 0 Å². The Morgan fingerprint density at radius 2 is 1.86 bits per heavy atom. The molecule has 1 rings (SSSR count). The molecule has 0 saturated carbocycles. The number of hydrogen-bond acceptors (Lipinski definition) is 1. The van der Waals surface area contributed by atoms with Crippen LogP contribution in [0, 0.1) is 11.7 Å². The van der Waals surface area contributed by atoms with Crippen LogP contribution in [0.2, 0.25) is 0 Å². The smallest absolute Gasteiger partial charge is 0.324 e. The molecule has 1 aromatic carbocycles. The molecule has 1 nitrogen and oxygen atoms in total. The van der Waals surface area contributed by atoms with E-state index >= 15 is 0 Å². The van der Waals surface area contributed by atoms with Gasteiger partial charge in [0.2, 0.25) is 0 Å². The summed E-state index contributed by atoms with van der Waals surface area (Å²) in [6.45, 7) is 4.07. The van der Waals surface area contributed by atoms with Crippen molar-refractivity contribution in [1.29, 1.82) is 0 Å². The molecule has 2 N–H and O–H groups in total. The van der Waals surface area contributed by atoms with Gasteiger partial charge in [0.25, 0.3) is 0 Å². The Morgan fingerprint density at radius 3 is 2.38 bits per heavy atom. The number of benzene rings is 1. The molecule has 120 valence electrons. The van der Waals surface area contributed by atoms with Crippen molar-refractivity contribution in [2.45, 2.75) is 58.2 Å². The third-order valence-electron chi connectivity index (χ3n) is 3.85. The standard InChI is InChI=1S/C16H23F4N/c1-3-5-6-11(4-2)9-15(21)13-10-12(17)7-8-14(13)16(18,19)20/h7-8,10-11,15H,3-6,9,21H2,1-2H3. The van der Waals surface area contributed by atoms with Gasteiger partial charge >= 0.3 is 6.18 Å². The summed E-state index contributed by atoms with van der Waals surface area (Å²) in [7, 11) is 0. The molecule has 0 aliphatic rings. The molecule has 21 heavy (non-hydrogen) atoms. The lowest BCUT2D eigenvalue weighted by molar-refractivity contribution is -0.138. The quantitative estimate of drug-likeness (QED) is 0.666. The predicted molar refractivity (Wildman–Crippen MR) is 76.3 cm³/mol. The number of hydrogen-bond donors (Lipinski definition) is 1. The molecule has 2 atom stereocenters. The lowest BCUT2D eigenvalue weighted by Crippen LogP contribution is -2.20. The lowest BCUT2D eigenvalue weighted by Gasteiger charge is -2.23. The molecule has 0 radical (unpaired) electrons. The summed E-state index contributed by atoms with van der Waals surface area (Å²) in [6.07, 6.45) is -0.184. The number of alkyl halides is 3. The highest BCUT2D eigenvalue weighted by atomic mass is 19.4. The van der Waals surface area contributed by atoms with Crippen LogP contribution in [0.4, 0.5) is 17.6 Å². The average Bonchev–Trinajstić information content (AvgIpc) is 2.41. The Labute approximate surface area is 123 Å². The molecule has 0 fully saturated rings. The molecule has 2 unspecified atom stereocenters. The summed E-state index contributed by atoms with van der Waals surface area (Å²) >= 11 is 0. The average molecular weight is 305 g/mol. The Kier molecular flexibility index (Phi) is 6.65. The van der Waals surface area contributed by atoms with Gasteiger partial charge in [-0.05, 0) is 36.1 Å². The molecule has 0 heterocycles. The minimum Gasteiger partial charge on any atom is -0.324 e. The fourth-order valence-corrected chi connectivity index (χ4v) is 2.57. The molecule has 0 aromatic heterocycles. The van der Waals surface area contributed by atoms with E-state index < -0.39 is 23.6 Å². The summed E-state index contributed by atoms with van der Waals surface area (Å²) in [5, 5.41) is 0. The molecule has 0 bridgehead atoms. The zero-order valence-corrected chi connectivity index (χ0v) is 12.5. The van der Waals surface area contributed by atoms with Crippen LogP contribution in [0.5, 0.6) is 0 Å². The van der Waals surface area contributed by atoms with E-state index in [1.54, 1.807) is 0 Å². The van der Waals surface area contributed by atoms with E-state index in [0.717, 1.165) is 43.9 Å². The van der Waals surface area contributed by atoms with Crippen LogP contribution in [0.15, 0.2) is 18.2 Å². The van der Waals surface area contributed by atoms with Crippen LogP contribution in [0.25, 0.3) is 0 Å². The van der Waals surface area contributed by atoms with Crippen molar-refractivity contribution >= 4 is 0 Å². The number of nitrogens with two attached hydrogens (primary N) is 1. The minimum absolute atomic E-state index is 0.141. The highest BCUT2D eigenvalue weighted by molar-refractivity contribution is 5.33. The lowest BCUT2D eigenvalue weighted by atomic mass is 9.88. The predicted octanol–water partition coefficient (Wildman–Crippen LogP) is 5.45. The van der Waals surface area contributed by atoms with Crippen molar-refractivity contribution in [3.8, 4) is 0 Å². The number of halogens is 4. The highest BCUT2D eigenvalue weighted by Gasteiger charge is 2.35. The Balaban J connectivity index is 2.95. The van der Waals surface area contributed by atoms with E-state index in [-0.39, 0.29) is 11.5 Å². The third-order valence-corrected chi connectivity index (χ3v) is 3.85. The molecular formula is C16H23F4N. The van der Waals surface area contributed by atoms with Crippen LogP contribution in [-0.4, -0.2) is 0 Å². The molecule has 0 aliphatic carbocycles. The third kappa shape index (κ3) is 5.30. The van der Waals surface area contributed by atoms with Crippen molar-refractivity contribution in [2.75, 3.05) is 0 Å². The maximum Gasteiger partial charge on any atom is 0.416 e. The second kappa shape index (κ2) is 7.78. The van der Waals surface area contributed by atoms with Gasteiger partial charge in [0.15, 0.2) is 0 Å². The summed E-state index contributed by atoms with van der Waals surface area (Å²) in [5.41, 5.74) is 4.97. The first-order chi connectivity index (χ1) is 9.79. The van der Waals surface area contributed by atoms with Gasteiger partial charge in [0.05, 0.1) is 5.56 Å². The van der Waals surface area contributed by atoms with Gasteiger partial charge < -0.3 is 5.73 Å². The molecule has 0 aliphatic heterocycles. The first kappa shape index (κ1) is 18.0. The van der Waals surface area contributed by atoms with Crippen LogP contribution in [-0.2, 0) is 6.18 Å². The summed E-state index contributed by atoms with van der Waals surface area (Å²) in [4.78, 5) is 0. The Hall–Kier alpha value is -1.10. The van der Waals surface area contributed by atoms with E-state index in [0.29, 0.717) is 6.42 Å². The molecule has 0 amide bonds. The van der Waals surface area contributed by atoms with Gasteiger partial charge in [-0.2, -0.15) is 13.2 Å². The van der Waals surface area contributed by atoms with Gasteiger partial charge in [0, 0.05) is 6.04 Å². The molecular weight excluding hydrogens is 282 g/mol. The molecule has 0 spiro atoms. The van der Waals surface area contributed by atoms with Crippen molar-refractivity contribution in [2.24, 2.45) is 11.7 Å². The Morgan fingerprint density at radius 1 is 1.19 bits per heavy atom. The van der Waals surface area contributed by atoms with Crippen LogP contribution in [0.3, 0.4) is 0 Å². The van der Waals surface area contributed by atoms with Gasteiger partial charge in [-0.1, -0.05) is 39.5 Å². The van der Waals surface area contributed by atoms with Crippen molar-refractivity contribution in [3.05, 3.63) is 35.1 Å². The summed E-state index contributed by atoms with van der Waals surface area (Å²) in [6, 6.07) is 1.73. The normalized spacial score (nSPS) is 15.0. The summed E-state index contributed by atoms with van der Waals surface area (Å²) < 4.78 is 52.2. The molecule has 5 heteroatoms. The monoisotopic (exact) mass is 305 g/mol. The van der Waals surface area contributed by atoms with E-state index in [9.17, 15) is 17.6 Å². The second-order valence-corrected chi connectivity index (χ2v) is 5.49. The topological polar surface area (TPSA) is 26.0 Å². The van der Waals surface area contributed by atoms with Crippen LogP contribution >= 0.6 is 0 Å². The molecule has 1 aromatic rings. The highest BCUT2D eigenvalue weighted by Crippen LogP contribution is 2.36. The summed E-state index contributed by atoms with van der Waals surface area (Å²) in [5.74, 6) is -0.417. The van der Waals surface area contributed by atoms with Gasteiger partial charge in [0.1, 0.15) is 5.82 Å². The zero-order valence-electron chi connectivity index (χ0n) is 12.5. The first-order valence-electron chi connectivity index (χ1n) is 7.41. The van der Waals surface area contributed by atoms with E-state index in [1.807, 2.05) is 6.92 Å². The van der Waals surface area contributed by atoms with E-state index in [4.69, 9.17) is 5.73 Å².